The lowest BCUT2D eigenvalue weighted by molar-refractivity contribution is 0.416. The van der Waals surface area contributed by atoms with Crippen molar-refractivity contribution in [3.05, 3.63) is 54.1 Å². The summed E-state index contributed by atoms with van der Waals surface area (Å²) in [5, 5.41) is 11.5. The van der Waals surface area contributed by atoms with Crippen LogP contribution >= 0.6 is 0 Å². The topological polar surface area (TPSA) is 68.8 Å². The Hall–Kier alpha value is -2.63. The van der Waals surface area contributed by atoms with Crippen LogP contribution in [0.3, 0.4) is 0 Å². The molecule has 0 amide bonds. The molecule has 22 heavy (non-hydrogen) atoms. The van der Waals surface area contributed by atoms with Crippen LogP contribution in [0.4, 0.5) is 6.01 Å². The molecule has 114 valence electrons. The second-order valence-electron chi connectivity index (χ2n) is 5.49. The van der Waals surface area contributed by atoms with Crippen LogP contribution in [0.2, 0.25) is 0 Å². The summed E-state index contributed by atoms with van der Waals surface area (Å²) < 4.78 is 7.10. The van der Waals surface area contributed by atoms with E-state index in [1.54, 1.807) is 6.20 Å². The molecule has 0 aliphatic heterocycles. The molecule has 0 bridgehead atoms. The van der Waals surface area contributed by atoms with E-state index in [2.05, 4.69) is 33.5 Å². The van der Waals surface area contributed by atoms with Crippen molar-refractivity contribution >= 4 is 6.01 Å². The first kappa shape index (κ1) is 14.3. The van der Waals surface area contributed by atoms with E-state index in [4.69, 9.17) is 4.52 Å². The summed E-state index contributed by atoms with van der Waals surface area (Å²) in [6.45, 7) is 6.12. The number of benzene rings is 1. The highest BCUT2D eigenvalue weighted by molar-refractivity contribution is 5.44. The fourth-order valence-corrected chi connectivity index (χ4v) is 2.26. The SMILES string of the molecule is CC(C)c1noc(NC(C)c2ccccc2-n2cccn2)n1. The lowest BCUT2D eigenvalue weighted by atomic mass is 10.1. The largest absolute Gasteiger partial charge is 0.331 e. The molecule has 0 saturated heterocycles. The third-order valence-electron chi connectivity index (χ3n) is 3.45. The highest BCUT2D eigenvalue weighted by Gasteiger charge is 2.15. The smallest absolute Gasteiger partial charge is 0.321 e. The van der Waals surface area contributed by atoms with Gasteiger partial charge in [0.1, 0.15) is 0 Å². The minimum atomic E-state index is 0.0147. The molecule has 0 aliphatic carbocycles. The van der Waals surface area contributed by atoms with E-state index in [1.165, 1.54) is 0 Å². The second-order valence-corrected chi connectivity index (χ2v) is 5.49. The maximum atomic E-state index is 5.25. The average molecular weight is 297 g/mol. The number of nitrogens with zero attached hydrogens (tertiary/aromatic N) is 4. The van der Waals surface area contributed by atoms with Gasteiger partial charge in [0.05, 0.1) is 11.7 Å². The van der Waals surface area contributed by atoms with Gasteiger partial charge in [-0.15, -0.1) is 0 Å². The molecule has 0 spiro atoms. The Morgan fingerprint density at radius 1 is 1.14 bits per heavy atom. The second kappa shape index (κ2) is 6.01. The summed E-state index contributed by atoms with van der Waals surface area (Å²) in [5.74, 6) is 0.945. The molecule has 1 aromatic carbocycles. The molecule has 1 N–H and O–H groups in total. The van der Waals surface area contributed by atoms with Gasteiger partial charge >= 0.3 is 6.01 Å². The highest BCUT2D eigenvalue weighted by Crippen LogP contribution is 2.24. The van der Waals surface area contributed by atoms with Crippen LogP contribution in [0.1, 0.15) is 44.1 Å². The molecule has 6 nitrogen and oxygen atoms in total. The Morgan fingerprint density at radius 3 is 2.64 bits per heavy atom. The van der Waals surface area contributed by atoms with Gasteiger partial charge in [0.2, 0.25) is 0 Å². The number of aromatic nitrogens is 4. The van der Waals surface area contributed by atoms with Gasteiger partial charge in [-0.1, -0.05) is 37.2 Å². The molecule has 2 aromatic heterocycles. The van der Waals surface area contributed by atoms with Crippen molar-refractivity contribution in [3.8, 4) is 5.69 Å². The average Bonchev–Trinajstić information content (AvgIpc) is 3.18. The van der Waals surface area contributed by atoms with E-state index in [9.17, 15) is 0 Å². The Morgan fingerprint density at radius 2 is 1.95 bits per heavy atom. The van der Waals surface area contributed by atoms with Crippen LogP contribution in [-0.4, -0.2) is 19.9 Å². The van der Waals surface area contributed by atoms with Crippen LogP contribution in [0.5, 0.6) is 0 Å². The predicted octanol–water partition coefficient (Wildman–Crippen LogP) is 3.55. The van der Waals surface area contributed by atoms with Crippen LogP contribution in [0, 0.1) is 0 Å². The van der Waals surface area contributed by atoms with Crippen LogP contribution in [-0.2, 0) is 0 Å². The zero-order chi connectivity index (χ0) is 15.5. The molecule has 3 aromatic rings. The van der Waals surface area contributed by atoms with E-state index in [0.717, 1.165) is 11.3 Å². The van der Waals surface area contributed by atoms with Gasteiger partial charge in [0.15, 0.2) is 5.82 Å². The van der Waals surface area contributed by atoms with Crippen LogP contribution in [0.15, 0.2) is 47.2 Å². The van der Waals surface area contributed by atoms with E-state index in [0.29, 0.717) is 11.8 Å². The van der Waals surface area contributed by atoms with Crippen LogP contribution in [0.25, 0.3) is 5.69 Å². The van der Waals surface area contributed by atoms with Gasteiger partial charge in [-0.2, -0.15) is 10.1 Å². The Labute approximate surface area is 129 Å². The predicted molar refractivity (Wildman–Crippen MR) is 84.0 cm³/mol. The van der Waals surface area contributed by atoms with Gasteiger partial charge in [-0.25, -0.2) is 4.68 Å². The maximum absolute atomic E-state index is 5.25. The summed E-state index contributed by atoms with van der Waals surface area (Å²) in [6.07, 6.45) is 3.69. The maximum Gasteiger partial charge on any atom is 0.321 e. The summed E-state index contributed by atoms with van der Waals surface area (Å²) in [4.78, 5) is 4.36. The van der Waals surface area contributed by atoms with Crippen molar-refractivity contribution in [2.24, 2.45) is 0 Å². The van der Waals surface area contributed by atoms with Crippen molar-refractivity contribution in [2.75, 3.05) is 5.32 Å². The zero-order valence-electron chi connectivity index (χ0n) is 12.9. The van der Waals surface area contributed by atoms with Crippen molar-refractivity contribution < 1.29 is 4.52 Å². The monoisotopic (exact) mass is 297 g/mol. The van der Waals surface area contributed by atoms with E-state index in [1.807, 2.05) is 49.0 Å². The normalized spacial score (nSPS) is 12.5. The fraction of sp³-hybridized carbons (Fsp3) is 0.312. The quantitative estimate of drug-likeness (QED) is 0.780. The van der Waals surface area contributed by atoms with E-state index in [-0.39, 0.29) is 12.0 Å². The summed E-state index contributed by atoms with van der Waals surface area (Å²) >= 11 is 0. The minimum Gasteiger partial charge on any atom is -0.331 e. The summed E-state index contributed by atoms with van der Waals surface area (Å²) in [5.41, 5.74) is 2.13. The van der Waals surface area contributed by atoms with Gasteiger partial charge in [-0.05, 0) is 24.6 Å². The molecule has 6 heteroatoms. The molecular weight excluding hydrogens is 278 g/mol. The lowest BCUT2D eigenvalue weighted by Crippen LogP contribution is -2.11. The van der Waals surface area contributed by atoms with Crippen LogP contribution < -0.4 is 5.32 Å². The number of para-hydroxylation sites is 1. The van der Waals surface area contributed by atoms with Crippen molar-refractivity contribution in [1.29, 1.82) is 0 Å². The van der Waals surface area contributed by atoms with E-state index < -0.39 is 0 Å². The third kappa shape index (κ3) is 2.86. The van der Waals surface area contributed by atoms with Crippen molar-refractivity contribution in [1.82, 2.24) is 19.9 Å². The first-order chi connectivity index (χ1) is 10.6. The number of nitrogens with one attached hydrogen (secondary N) is 1. The third-order valence-corrected chi connectivity index (χ3v) is 3.45. The first-order valence-electron chi connectivity index (χ1n) is 7.34. The Bertz CT molecular complexity index is 733. The first-order valence-corrected chi connectivity index (χ1v) is 7.34. The molecular formula is C16H19N5O. The number of hydrogen-bond acceptors (Lipinski definition) is 5. The molecule has 2 heterocycles. The summed E-state index contributed by atoms with van der Waals surface area (Å²) in [7, 11) is 0. The molecule has 0 radical (unpaired) electrons. The van der Waals surface area contributed by atoms with Gasteiger partial charge in [0, 0.05) is 18.3 Å². The van der Waals surface area contributed by atoms with Gasteiger partial charge in [-0.3, -0.25) is 0 Å². The number of hydrogen-bond donors (Lipinski definition) is 1. The standard InChI is InChI=1S/C16H19N5O/c1-11(2)15-19-16(22-20-15)18-12(3)13-7-4-5-8-14(13)21-10-6-9-17-21/h4-12H,1-3H3,(H,18,19,20). The Balaban J connectivity index is 1.84. The zero-order valence-corrected chi connectivity index (χ0v) is 12.9. The molecule has 0 fully saturated rings. The minimum absolute atomic E-state index is 0.0147. The molecule has 0 aliphatic rings. The molecule has 3 rings (SSSR count). The summed E-state index contributed by atoms with van der Waals surface area (Å²) in [6, 6.07) is 10.5. The van der Waals surface area contributed by atoms with Crippen molar-refractivity contribution in [3.63, 3.8) is 0 Å². The number of anilines is 1. The number of rotatable bonds is 5. The molecule has 1 unspecified atom stereocenters. The Kier molecular flexibility index (Phi) is 3.91. The fourth-order valence-electron chi connectivity index (χ4n) is 2.26. The highest BCUT2D eigenvalue weighted by atomic mass is 16.5. The molecule has 0 saturated carbocycles. The van der Waals surface area contributed by atoms with Gasteiger partial charge in [0.25, 0.3) is 0 Å². The lowest BCUT2D eigenvalue weighted by Gasteiger charge is -2.16. The van der Waals surface area contributed by atoms with E-state index >= 15 is 0 Å². The van der Waals surface area contributed by atoms with Crippen molar-refractivity contribution in [2.45, 2.75) is 32.7 Å². The molecule has 1 atom stereocenters. The van der Waals surface area contributed by atoms with Gasteiger partial charge < -0.3 is 9.84 Å².